The molecule has 1 aromatic heterocycles. The van der Waals surface area contributed by atoms with E-state index in [2.05, 4.69) is 15.4 Å². The van der Waals surface area contributed by atoms with Gasteiger partial charge < -0.3 is 10.2 Å². The Hall–Kier alpha value is -1.20. The van der Waals surface area contributed by atoms with E-state index in [9.17, 15) is 0 Å². The molecule has 0 amide bonds. The Morgan fingerprint density at radius 2 is 2.07 bits per heavy atom. The number of nitrogens with one attached hydrogen (secondary N) is 1. The molecule has 3 N–H and O–H groups in total. The Bertz CT molecular complexity index is 314. The second-order valence-corrected chi connectivity index (χ2v) is 3.09. The summed E-state index contributed by atoms with van der Waals surface area (Å²) in [6.07, 6.45) is 0.701. The summed E-state index contributed by atoms with van der Waals surface area (Å²) in [4.78, 5) is 8.59. The third-order valence-corrected chi connectivity index (χ3v) is 2.10. The number of rotatable bonds is 4. The molecule has 0 spiro atoms. The van der Waals surface area contributed by atoms with Crippen LogP contribution in [0.15, 0.2) is 0 Å². The number of aromatic nitrogens is 2. The van der Waals surface area contributed by atoms with Gasteiger partial charge in [0, 0.05) is 24.8 Å². The van der Waals surface area contributed by atoms with Gasteiger partial charge in [0.2, 0.25) is 0 Å². The summed E-state index contributed by atoms with van der Waals surface area (Å²) in [5, 5.41) is 0. The number of ether oxygens (including phenoxy) is 1. The van der Waals surface area contributed by atoms with Crippen molar-refractivity contribution in [1.29, 1.82) is 0 Å². The van der Waals surface area contributed by atoms with Gasteiger partial charge in [-0.3, -0.25) is 0 Å². The summed E-state index contributed by atoms with van der Waals surface area (Å²) in [7, 11) is 1.66. The van der Waals surface area contributed by atoms with Gasteiger partial charge >= 0.3 is 0 Å². The van der Waals surface area contributed by atoms with Crippen LogP contribution in [0.4, 0.5) is 5.82 Å². The van der Waals surface area contributed by atoms with E-state index in [4.69, 9.17) is 10.6 Å². The van der Waals surface area contributed by atoms with Crippen LogP contribution in [0.25, 0.3) is 0 Å². The first kappa shape index (κ1) is 10.9. The van der Waals surface area contributed by atoms with E-state index in [0.717, 1.165) is 17.1 Å². The van der Waals surface area contributed by atoms with Gasteiger partial charge in [-0.25, -0.2) is 15.8 Å². The van der Waals surface area contributed by atoms with Crippen molar-refractivity contribution >= 4 is 5.82 Å². The molecule has 0 aliphatic carbocycles. The molecular formula is C9H16N4O. The van der Waals surface area contributed by atoms with E-state index in [1.807, 2.05) is 13.8 Å². The first-order valence-electron chi connectivity index (χ1n) is 4.48. The number of nitrogens with zero attached hydrogens (tertiary/aromatic N) is 2. The fraction of sp³-hybridized carbons (Fsp3) is 0.556. The third-order valence-electron chi connectivity index (χ3n) is 2.10. The summed E-state index contributed by atoms with van der Waals surface area (Å²) < 4.78 is 4.96. The number of nitrogen functional groups attached to an aromatic ring is 1. The zero-order valence-corrected chi connectivity index (χ0v) is 8.79. The monoisotopic (exact) mass is 196 g/mol. The van der Waals surface area contributed by atoms with Gasteiger partial charge in [0.15, 0.2) is 0 Å². The average Bonchev–Trinajstić information content (AvgIpc) is 2.19. The highest BCUT2D eigenvalue weighted by atomic mass is 16.5. The predicted octanol–water partition coefficient (Wildman–Crippen LogP) is 0.568. The number of anilines is 1. The molecule has 0 saturated heterocycles. The Morgan fingerprint density at radius 3 is 2.64 bits per heavy atom. The zero-order valence-electron chi connectivity index (χ0n) is 8.79. The van der Waals surface area contributed by atoms with Crippen molar-refractivity contribution in [3.8, 4) is 0 Å². The van der Waals surface area contributed by atoms with Crippen LogP contribution in [0, 0.1) is 13.8 Å². The summed E-state index contributed by atoms with van der Waals surface area (Å²) in [6, 6.07) is 0. The van der Waals surface area contributed by atoms with Crippen molar-refractivity contribution in [2.24, 2.45) is 5.84 Å². The molecule has 0 atom stereocenters. The molecule has 0 saturated carbocycles. The molecule has 0 fully saturated rings. The lowest BCUT2D eigenvalue weighted by molar-refractivity contribution is 0.200. The average molecular weight is 196 g/mol. The van der Waals surface area contributed by atoms with Crippen molar-refractivity contribution in [3.63, 3.8) is 0 Å². The topological polar surface area (TPSA) is 73.1 Å². The molecule has 1 aromatic rings. The fourth-order valence-corrected chi connectivity index (χ4v) is 1.13. The van der Waals surface area contributed by atoms with Crippen LogP contribution >= 0.6 is 0 Å². The first-order chi connectivity index (χ1) is 6.69. The summed E-state index contributed by atoms with van der Waals surface area (Å²) in [5.74, 6) is 6.78. The van der Waals surface area contributed by atoms with Crippen LogP contribution < -0.4 is 11.3 Å². The molecule has 0 aliphatic heterocycles. The minimum absolute atomic E-state index is 0.618. The smallest absolute Gasteiger partial charge is 0.146 e. The van der Waals surface area contributed by atoms with E-state index >= 15 is 0 Å². The molecule has 0 aliphatic rings. The maximum atomic E-state index is 5.35. The summed E-state index contributed by atoms with van der Waals surface area (Å²) in [6.45, 7) is 4.49. The summed E-state index contributed by atoms with van der Waals surface area (Å²) >= 11 is 0. The molecule has 0 radical (unpaired) electrons. The van der Waals surface area contributed by atoms with Crippen LogP contribution in [-0.2, 0) is 11.2 Å². The van der Waals surface area contributed by atoms with Gasteiger partial charge in [-0.2, -0.15) is 0 Å². The largest absolute Gasteiger partial charge is 0.384 e. The molecule has 0 aromatic carbocycles. The van der Waals surface area contributed by atoms with Gasteiger partial charge in [0.05, 0.1) is 6.61 Å². The first-order valence-corrected chi connectivity index (χ1v) is 4.48. The van der Waals surface area contributed by atoms with E-state index in [0.29, 0.717) is 18.8 Å². The second kappa shape index (κ2) is 4.88. The highest BCUT2D eigenvalue weighted by Gasteiger charge is 2.06. The van der Waals surface area contributed by atoms with E-state index in [1.54, 1.807) is 7.11 Å². The minimum Gasteiger partial charge on any atom is -0.384 e. The lowest BCUT2D eigenvalue weighted by atomic mass is 10.2. The fourth-order valence-electron chi connectivity index (χ4n) is 1.13. The van der Waals surface area contributed by atoms with Gasteiger partial charge in [-0.05, 0) is 13.8 Å². The molecular weight excluding hydrogens is 180 g/mol. The Morgan fingerprint density at radius 1 is 1.36 bits per heavy atom. The zero-order chi connectivity index (χ0) is 10.6. The Balaban J connectivity index is 2.91. The lowest BCUT2D eigenvalue weighted by Crippen LogP contribution is -2.14. The quantitative estimate of drug-likeness (QED) is 0.544. The van der Waals surface area contributed by atoms with Crippen LogP contribution in [0.2, 0.25) is 0 Å². The van der Waals surface area contributed by atoms with Gasteiger partial charge in [-0.1, -0.05) is 0 Å². The molecule has 1 heterocycles. The number of methoxy groups -OCH3 is 1. The van der Waals surface area contributed by atoms with Crippen LogP contribution in [0.5, 0.6) is 0 Å². The SMILES string of the molecule is COCCc1nc(C)c(C)c(NN)n1. The van der Waals surface area contributed by atoms with Gasteiger partial charge in [0.1, 0.15) is 11.6 Å². The van der Waals surface area contributed by atoms with E-state index in [1.165, 1.54) is 0 Å². The van der Waals surface area contributed by atoms with Crippen LogP contribution in [-0.4, -0.2) is 23.7 Å². The molecule has 78 valence electrons. The summed E-state index contributed by atoms with van der Waals surface area (Å²) in [5.41, 5.74) is 4.48. The number of hydrazine groups is 1. The van der Waals surface area contributed by atoms with Crippen LogP contribution in [0.1, 0.15) is 17.1 Å². The standard InChI is InChI=1S/C9H16N4O/c1-6-7(2)11-8(4-5-14-3)12-9(6)13-10/h4-5,10H2,1-3H3,(H,11,12,13). The van der Waals surface area contributed by atoms with Crippen molar-refractivity contribution in [2.45, 2.75) is 20.3 Å². The number of hydrogen-bond donors (Lipinski definition) is 2. The van der Waals surface area contributed by atoms with Crippen molar-refractivity contribution in [2.75, 3.05) is 19.1 Å². The van der Waals surface area contributed by atoms with Crippen LogP contribution in [0.3, 0.4) is 0 Å². The predicted molar refractivity (Wildman–Crippen MR) is 54.9 cm³/mol. The molecule has 14 heavy (non-hydrogen) atoms. The molecule has 0 bridgehead atoms. The second-order valence-electron chi connectivity index (χ2n) is 3.09. The molecule has 1 rings (SSSR count). The van der Waals surface area contributed by atoms with E-state index in [-0.39, 0.29) is 0 Å². The lowest BCUT2D eigenvalue weighted by Gasteiger charge is -2.08. The minimum atomic E-state index is 0.618. The molecule has 5 heteroatoms. The maximum Gasteiger partial charge on any atom is 0.146 e. The maximum absolute atomic E-state index is 5.35. The Kier molecular flexibility index (Phi) is 3.79. The van der Waals surface area contributed by atoms with Crippen molar-refractivity contribution in [3.05, 3.63) is 17.1 Å². The number of hydrogen-bond acceptors (Lipinski definition) is 5. The van der Waals surface area contributed by atoms with Crippen molar-refractivity contribution in [1.82, 2.24) is 9.97 Å². The number of aryl methyl sites for hydroxylation is 1. The van der Waals surface area contributed by atoms with Gasteiger partial charge in [0.25, 0.3) is 0 Å². The highest BCUT2D eigenvalue weighted by Crippen LogP contribution is 2.13. The number of nitrogens with two attached hydrogens (primary N) is 1. The molecule has 0 unspecified atom stereocenters. The van der Waals surface area contributed by atoms with Crippen molar-refractivity contribution < 1.29 is 4.74 Å². The molecule has 5 nitrogen and oxygen atoms in total. The van der Waals surface area contributed by atoms with Gasteiger partial charge in [-0.15, -0.1) is 0 Å². The van der Waals surface area contributed by atoms with E-state index < -0.39 is 0 Å². The highest BCUT2D eigenvalue weighted by molar-refractivity contribution is 5.44. The third kappa shape index (κ3) is 2.40. The Labute approximate surface area is 83.7 Å². The normalized spacial score (nSPS) is 10.3.